The molecule has 1 saturated heterocycles. The van der Waals surface area contributed by atoms with Crippen molar-refractivity contribution in [2.45, 2.75) is 38.9 Å². The summed E-state index contributed by atoms with van der Waals surface area (Å²) < 4.78 is 11.9. The second-order valence-corrected chi connectivity index (χ2v) is 6.37. The lowest BCUT2D eigenvalue weighted by Crippen LogP contribution is -2.41. The number of hydrogen-bond acceptors (Lipinski definition) is 5. The van der Waals surface area contributed by atoms with Gasteiger partial charge in [-0.15, -0.1) is 11.3 Å². The van der Waals surface area contributed by atoms with E-state index in [2.05, 4.69) is 4.98 Å². The Labute approximate surface area is 107 Å². The molecule has 17 heavy (non-hydrogen) atoms. The van der Waals surface area contributed by atoms with E-state index in [9.17, 15) is 0 Å². The van der Waals surface area contributed by atoms with Gasteiger partial charge in [-0.1, -0.05) is 0 Å². The van der Waals surface area contributed by atoms with E-state index < -0.39 is 0 Å². The Morgan fingerprint density at radius 1 is 1.18 bits per heavy atom. The van der Waals surface area contributed by atoms with E-state index >= 15 is 0 Å². The number of thiazole rings is 1. The number of hydrogen-bond donors (Lipinski definition) is 0. The molecule has 6 heteroatoms. The SMILES string of the molecule is CN(C)c1nc(B2OC(C)(C)C(C)(C)O2)cs1. The summed E-state index contributed by atoms with van der Waals surface area (Å²) in [5, 5.41) is 2.96. The zero-order valence-corrected chi connectivity index (χ0v) is 12.1. The van der Waals surface area contributed by atoms with Gasteiger partial charge in [-0.25, -0.2) is 4.98 Å². The topological polar surface area (TPSA) is 34.6 Å². The molecule has 0 bridgehead atoms. The van der Waals surface area contributed by atoms with Crippen molar-refractivity contribution < 1.29 is 9.31 Å². The minimum absolute atomic E-state index is 0.306. The van der Waals surface area contributed by atoms with Gasteiger partial charge >= 0.3 is 7.12 Å². The fraction of sp³-hybridized carbons (Fsp3) is 0.727. The van der Waals surface area contributed by atoms with Gasteiger partial charge in [0.15, 0.2) is 5.13 Å². The van der Waals surface area contributed by atoms with Crippen LogP contribution in [-0.2, 0) is 9.31 Å². The van der Waals surface area contributed by atoms with Crippen molar-refractivity contribution >= 4 is 29.2 Å². The molecule has 1 aliphatic heterocycles. The molecule has 0 aromatic carbocycles. The normalized spacial score (nSPS) is 21.9. The van der Waals surface area contributed by atoms with Crippen LogP contribution in [0.4, 0.5) is 5.13 Å². The van der Waals surface area contributed by atoms with E-state index in [1.807, 2.05) is 52.1 Å². The number of rotatable bonds is 2. The molecule has 0 N–H and O–H groups in total. The molecule has 2 heterocycles. The molecule has 0 unspecified atom stereocenters. The fourth-order valence-electron chi connectivity index (χ4n) is 1.55. The Bertz CT molecular complexity index is 401. The molecule has 0 saturated carbocycles. The number of nitrogens with zero attached hydrogens (tertiary/aromatic N) is 2. The van der Waals surface area contributed by atoms with Crippen LogP contribution < -0.4 is 10.5 Å². The van der Waals surface area contributed by atoms with Gasteiger partial charge in [0.2, 0.25) is 0 Å². The van der Waals surface area contributed by atoms with E-state index in [1.54, 1.807) is 11.3 Å². The summed E-state index contributed by atoms with van der Waals surface area (Å²) in [5.74, 6) is 0. The predicted molar refractivity (Wildman–Crippen MR) is 72.2 cm³/mol. The summed E-state index contributed by atoms with van der Waals surface area (Å²) in [6, 6.07) is 0. The van der Waals surface area contributed by atoms with Gasteiger partial charge in [0.1, 0.15) is 0 Å². The van der Waals surface area contributed by atoms with Crippen LogP contribution in [0.25, 0.3) is 0 Å². The number of aromatic nitrogens is 1. The first-order chi connectivity index (χ1) is 7.73. The highest BCUT2D eigenvalue weighted by molar-refractivity contribution is 7.14. The van der Waals surface area contributed by atoms with Gasteiger partial charge in [-0.2, -0.15) is 0 Å². The Hall–Kier alpha value is -0.585. The first kappa shape index (κ1) is 12.9. The molecule has 1 aliphatic rings. The molecule has 2 rings (SSSR count). The average molecular weight is 254 g/mol. The summed E-state index contributed by atoms with van der Waals surface area (Å²) in [4.78, 5) is 6.50. The zero-order chi connectivity index (χ0) is 12.8. The maximum absolute atomic E-state index is 5.95. The van der Waals surface area contributed by atoms with Crippen molar-refractivity contribution in [3.05, 3.63) is 5.38 Å². The van der Waals surface area contributed by atoms with Crippen LogP contribution in [0.1, 0.15) is 27.7 Å². The van der Waals surface area contributed by atoms with Crippen LogP contribution >= 0.6 is 11.3 Å². The second-order valence-electron chi connectivity index (χ2n) is 5.54. The van der Waals surface area contributed by atoms with Crippen molar-refractivity contribution in [2.75, 3.05) is 19.0 Å². The Kier molecular flexibility index (Phi) is 3.00. The van der Waals surface area contributed by atoms with Crippen molar-refractivity contribution in [2.24, 2.45) is 0 Å². The summed E-state index contributed by atoms with van der Waals surface area (Å²) in [7, 11) is 3.60. The van der Waals surface area contributed by atoms with Crippen LogP contribution in [0.3, 0.4) is 0 Å². The van der Waals surface area contributed by atoms with E-state index in [1.165, 1.54) is 0 Å². The van der Waals surface area contributed by atoms with Gasteiger partial charge < -0.3 is 14.2 Å². The molecule has 0 radical (unpaired) electrons. The Morgan fingerprint density at radius 3 is 2.12 bits per heavy atom. The second kappa shape index (κ2) is 3.97. The molecule has 1 fully saturated rings. The fourth-order valence-corrected chi connectivity index (χ4v) is 2.31. The van der Waals surface area contributed by atoms with Gasteiger partial charge in [0.25, 0.3) is 0 Å². The molecule has 4 nitrogen and oxygen atoms in total. The summed E-state index contributed by atoms with van der Waals surface area (Å²) in [6.07, 6.45) is 0. The third-order valence-electron chi connectivity index (χ3n) is 3.39. The Morgan fingerprint density at radius 2 is 1.71 bits per heavy atom. The quantitative estimate of drug-likeness (QED) is 0.749. The van der Waals surface area contributed by atoms with E-state index in [0.717, 1.165) is 10.7 Å². The number of anilines is 1. The highest BCUT2D eigenvalue weighted by Gasteiger charge is 2.52. The van der Waals surface area contributed by atoms with Crippen LogP contribution in [0.5, 0.6) is 0 Å². The third-order valence-corrected chi connectivity index (χ3v) is 4.41. The minimum atomic E-state index is -0.357. The molecule has 1 aromatic heterocycles. The third kappa shape index (κ3) is 2.21. The average Bonchev–Trinajstić information content (AvgIpc) is 2.70. The zero-order valence-electron chi connectivity index (χ0n) is 11.3. The first-order valence-corrected chi connectivity index (χ1v) is 6.59. The largest absolute Gasteiger partial charge is 0.515 e. The molecule has 0 atom stereocenters. The predicted octanol–water partition coefficient (Wildman–Crippen LogP) is 1.51. The van der Waals surface area contributed by atoms with E-state index in [-0.39, 0.29) is 18.3 Å². The standard InChI is InChI=1S/C11H19BN2O2S/c1-10(2)11(3,4)16-12(15-10)8-7-17-9(13-8)14(5)6/h7H,1-6H3. The van der Waals surface area contributed by atoms with E-state index in [4.69, 9.17) is 9.31 Å². The van der Waals surface area contributed by atoms with Crippen LogP contribution in [0, 0.1) is 0 Å². The van der Waals surface area contributed by atoms with Gasteiger partial charge in [-0.05, 0) is 27.7 Å². The van der Waals surface area contributed by atoms with E-state index in [0.29, 0.717) is 0 Å². The highest BCUT2D eigenvalue weighted by Crippen LogP contribution is 2.36. The smallest absolute Gasteiger partial charge is 0.398 e. The lowest BCUT2D eigenvalue weighted by molar-refractivity contribution is 0.00578. The van der Waals surface area contributed by atoms with Gasteiger partial charge in [0, 0.05) is 19.5 Å². The summed E-state index contributed by atoms with van der Waals surface area (Å²) >= 11 is 1.60. The highest BCUT2D eigenvalue weighted by atomic mass is 32.1. The van der Waals surface area contributed by atoms with Crippen LogP contribution in [-0.4, -0.2) is 37.4 Å². The van der Waals surface area contributed by atoms with Crippen molar-refractivity contribution in [1.82, 2.24) is 4.98 Å². The molecule has 0 spiro atoms. The maximum Gasteiger partial charge on any atom is 0.515 e. The van der Waals surface area contributed by atoms with Crippen LogP contribution in [0.15, 0.2) is 5.38 Å². The summed E-state index contributed by atoms with van der Waals surface area (Å²) in [5.41, 5.74) is 0.247. The maximum atomic E-state index is 5.95. The van der Waals surface area contributed by atoms with Crippen molar-refractivity contribution in [3.63, 3.8) is 0 Å². The molecular formula is C11H19BN2O2S. The molecular weight excluding hydrogens is 235 g/mol. The molecule has 0 amide bonds. The van der Waals surface area contributed by atoms with Crippen molar-refractivity contribution in [1.29, 1.82) is 0 Å². The monoisotopic (exact) mass is 254 g/mol. The Balaban J connectivity index is 2.20. The van der Waals surface area contributed by atoms with Gasteiger partial charge in [-0.3, -0.25) is 0 Å². The molecule has 1 aromatic rings. The van der Waals surface area contributed by atoms with Crippen molar-refractivity contribution in [3.8, 4) is 0 Å². The lowest BCUT2D eigenvalue weighted by atomic mass is 9.86. The van der Waals surface area contributed by atoms with Gasteiger partial charge in [0.05, 0.1) is 16.8 Å². The molecule has 0 aliphatic carbocycles. The van der Waals surface area contributed by atoms with Crippen LogP contribution in [0.2, 0.25) is 0 Å². The summed E-state index contributed by atoms with van der Waals surface area (Å²) in [6.45, 7) is 8.19. The minimum Gasteiger partial charge on any atom is -0.398 e. The first-order valence-electron chi connectivity index (χ1n) is 5.71. The lowest BCUT2D eigenvalue weighted by Gasteiger charge is -2.32. The molecule has 94 valence electrons.